The quantitative estimate of drug-likeness (QED) is 0.606. The van der Waals surface area contributed by atoms with Crippen LogP contribution in [0, 0.1) is 0 Å². The van der Waals surface area contributed by atoms with Crippen molar-refractivity contribution < 1.29 is 19.1 Å². The summed E-state index contributed by atoms with van der Waals surface area (Å²) in [5.74, 6) is 0.527. The van der Waals surface area contributed by atoms with E-state index in [4.69, 9.17) is 9.47 Å². The SMILES string of the molecule is COc1ccc(C(=O)C=CC(=O)c2ccccc2)cc1OC. The van der Waals surface area contributed by atoms with Crippen molar-refractivity contribution in [3.63, 3.8) is 0 Å². The van der Waals surface area contributed by atoms with Gasteiger partial charge < -0.3 is 9.47 Å². The predicted molar refractivity (Wildman–Crippen MR) is 83.8 cm³/mol. The van der Waals surface area contributed by atoms with Crippen molar-refractivity contribution in [2.75, 3.05) is 14.2 Å². The van der Waals surface area contributed by atoms with E-state index >= 15 is 0 Å². The minimum atomic E-state index is -0.273. The van der Waals surface area contributed by atoms with Crippen LogP contribution in [-0.2, 0) is 0 Å². The van der Waals surface area contributed by atoms with Crippen molar-refractivity contribution in [3.8, 4) is 11.5 Å². The first kappa shape index (κ1) is 15.5. The Labute approximate surface area is 129 Å². The lowest BCUT2D eigenvalue weighted by molar-refractivity contribution is 0.102. The summed E-state index contributed by atoms with van der Waals surface area (Å²) in [7, 11) is 3.03. The number of rotatable bonds is 6. The van der Waals surface area contributed by atoms with E-state index in [0.717, 1.165) is 0 Å². The van der Waals surface area contributed by atoms with Gasteiger partial charge in [0.2, 0.25) is 0 Å². The Hall–Kier alpha value is -2.88. The molecule has 0 radical (unpaired) electrons. The zero-order chi connectivity index (χ0) is 15.9. The van der Waals surface area contributed by atoms with Gasteiger partial charge >= 0.3 is 0 Å². The molecule has 2 aromatic rings. The molecule has 2 rings (SSSR count). The highest BCUT2D eigenvalue weighted by atomic mass is 16.5. The summed E-state index contributed by atoms with van der Waals surface area (Å²) in [6, 6.07) is 13.6. The fourth-order valence-electron chi connectivity index (χ4n) is 1.94. The van der Waals surface area contributed by atoms with E-state index in [0.29, 0.717) is 22.6 Å². The molecule has 0 unspecified atom stereocenters. The zero-order valence-electron chi connectivity index (χ0n) is 12.4. The van der Waals surface area contributed by atoms with E-state index in [1.54, 1.807) is 42.5 Å². The minimum Gasteiger partial charge on any atom is -0.493 e. The van der Waals surface area contributed by atoms with Gasteiger partial charge in [-0.15, -0.1) is 0 Å². The van der Waals surface area contributed by atoms with Crippen molar-refractivity contribution in [1.29, 1.82) is 0 Å². The molecule has 0 spiro atoms. The maximum Gasteiger partial charge on any atom is 0.186 e. The topological polar surface area (TPSA) is 52.6 Å². The summed E-state index contributed by atoms with van der Waals surface area (Å²) >= 11 is 0. The molecule has 0 bridgehead atoms. The van der Waals surface area contributed by atoms with Crippen molar-refractivity contribution in [2.45, 2.75) is 0 Å². The van der Waals surface area contributed by atoms with E-state index in [9.17, 15) is 9.59 Å². The Morgan fingerprint density at radius 1 is 0.773 bits per heavy atom. The average molecular weight is 296 g/mol. The minimum absolute atomic E-state index is 0.213. The fraction of sp³-hybridized carbons (Fsp3) is 0.111. The number of benzene rings is 2. The Morgan fingerprint density at radius 3 is 1.95 bits per heavy atom. The molecule has 0 fully saturated rings. The number of methoxy groups -OCH3 is 2. The fourth-order valence-corrected chi connectivity index (χ4v) is 1.94. The lowest BCUT2D eigenvalue weighted by Gasteiger charge is -2.07. The second kappa shape index (κ2) is 7.22. The molecule has 0 saturated carbocycles. The van der Waals surface area contributed by atoms with Crippen molar-refractivity contribution >= 4 is 11.6 Å². The third-order valence-corrected chi connectivity index (χ3v) is 3.11. The summed E-state index contributed by atoms with van der Waals surface area (Å²) < 4.78 is 10.3. The van der Waals surface area contributed by atoms with E-state index in [2.05, 4.69) is 0 Å². The summed E-state index contributed by atoms with van der Waals surface area (Å²) in [6.45, 7) is 0. The smallest absolute Gasteiger partial charge is 0.186 e. The Bertz CT molecular complexity index is 702. The molecule has 0 aliphatic rings. The standard InChI is InChI=1S/C18H16O4/c1-21-17-11-8-14(12-18(17)22-2)16(20)10-9-15(19)13-6-4-3-5-7-13/h3-12H,1-2H3. The molecule has 0 atom stereocenters. The summed E-state index contributed by atoms with van der Waals surface area (Å²) in [4.78, 5) is 24.0. The Balaban J connectivity index is 2.15. The Kier molecular flexibility index (Phi) is 5.09. The summed E-state index contributed by atoms with van der Waals surface area (Å²) in [5, 5.41) is 0. The van der Waals surface area contributed by atoms with Crippen LogP contribution in [0.15, 0.2) is 60.7 Å². The van der Waals surface area contributed by atoms with Crippen LogP contribution < -0.4 is 9.47 Å². The second-order valence-electron chi connectivity index (χ2n) is 4.50. The van der Waals surface area contributed by atoms with Gasteiger partial charge in [-0.2, -0.15) is 0 Å². The molecular weight excluding hydrogens is 280 g/mol. The van der Waals surface area contributed by atoms with E-state index in [1.165, 1.54) is 26.4 Å². The number of carbonyl (C=O) groups is 2. The highest BCUT2D eigenvalue weighted by Gasteiger charge is 2.09. The molecule has 0 aliphatic heterocycles. The van der Waals surface area contributed by atoms with Crippen molar-refractivity contribution in [2.24, 2.45) is 0 Å². The summed E-state index contributed by atoms with van der Waals surface area (Å²) in [6.07, 6.45) is 2.53. The predicted octanol–water partition coefficient (Wildman–Crippen LogP) is 3.33. The molecular formula is C18H16O4. The number of carbonyl (C=O) groups excluding carboxylic acids is 2. The third-order valence-electron chi connectivity index (χ3n) is 3.11. The second-order valence-corrected chi connectivity index (χ2v) is 4.50. The van der Waals surface area contributed by atoms with Gasteiger partial charge in [0, 0.05) is 11.1 Å². The zero-order valence-corrected chi connectivity index (χ0v) is 12.4. The normalized spacial score (nSPS) is 10.5. The first-order chi connectivity index (χ1) is 10.7. The monoisotopic (exact) mass is 296 g/mol. The first-order valence-electron chi connectivity index (χ1n) is 6.69. The number of allylic oxidation sites excluding steroid dienone is 2. The van der Waals surface area contributed by atoms with Gasteiger partial charge in [-0.1, -0.05) is 30.3 Å². The van der Waals surface area contributed by atoms with E-state index < -0.39 is 0 Å². The van der Waals surface area contributed by atoms with Crippen LogP contribution in [-0.4, -0.2) is 25.8 Å². The molecule has 0 saturated heterocycles. The number of ketones is 2. The van der Waals surface area contributed by atoms with Crippen LogP contribution in [0.5, 0.6) is 11.5 Å². The number of hydrogen-bond donors (Lipinski definition) is 0. The molecule has 0 aromatic heterocycles. The van der Waals surface area contributed by atoms with Crippen LogP contribution in [0.3, 0.4) is 0 Å². The van der Waals surface area contributed by atoms with Crippen LogP contribution in [0.25, 0.3) is 0 Å². The molecule has 0 amide bonds. The average Bonchev–Trinajstić information content (AvgIpc) is 2.59. The van der Waals surface area contributed by atoms with Gasteiger partial charge in [0.1, 0.15) is 0 Å². The van der Waals surface area contributed by atoms with E-state index in [-0.39, 0.29) is 11.6 Å². The van der Waals surface area contributed by atoms with Crippen molar-refractivity contribution in [1.82, 2.24) is 0 Å². The molecule has 4 nitrogen and oxygen atoms in total. The van der Waals surface area contributed by atoms with Crippen LogP contribution >= 0.6 is 0 Å². The molecule has 0 heterocycles. The first-order valence-corrected chi connectivity index (χ1v) is 6.69. The highest BCUT2D eigenvalue weighted by molar-refractivity contribution is 6.12. The molecule has 4 heteroatoms. The van der Waals surface area contributed by atoms with Gasteiger partial charge in [0.05, 0.1) is 14.2 Å². The lowest BCUT2D eigenvalue weighted by atomic mass is 10.1. The van der Waals surface area contributed by atoms with Crippen molar-refractivity contribution in [3.05, 3.63) is 71.8 Å². The van der Waals surface area contributed by atoms with Crippen LogP contribution in [0.1, 0.15) is 20.7 Å². The van der Waals surface area contributed by atoms with Gasteiger partial charge in [0.15, 0.2) is 23.1 Å². The van der Waals surface area contributed by atoms with Gasteiger partial charge in [0.25, 0.3) is 0 Å². The Morgan fingerprint density at radius 2 is 1.36 bits per heavy atom. The summed E-state index contributed by atoms with van der Waals surface area (Å²) in [5.41, 5.74) is 0.966. The van der Waals surface area contributed by atoms with E-state index in [1.807, 2.05) is 6.07 Å². The number of hydrogen-bond acceptors (Lipinski definition) is 4. The van der Waals surface area contributed by atoms with Crippen LogP contribution in [0.2, 0.25) is 0 Å². The lowest BCUT2D eigenvalue weighted by Crippen LogP contribution is -1.99. The van der Waals surface area contributed by atoms with Crippen LogP contribution in [0.4, 0.5) is 0 Å². The maximum absolute atomic E-state index is 12.1. The maximum atomic E-state index is 12.1. The van der Waals surface area contributed by atoms with Gasteiger partial charge in [-0.05, 0) is 30.4 Å². The molecule has 0 aliphatic carbocycles. The molecule has 2 aromatic carbocycles. The molecule has 22 heavy (non-hydrogen) atoms. The number of ether oxygens (including phenoxy) is 2. The molecule has 112 valence electrons. The molecule has 0 N–H and O–H groups in total. The van der Waals surface area contributed by atoms with Gasteiger partial charge in [-0.25, -0.2) is 0 Å². The largest absolute Gasteiger partial charge is 0.493 e. The van der Waals surface area contributed by atoms with Gasteiger partial charge in [-0.3, -0.25) is 9.59 Å². The highest BCUT2D eigenvalue weighted by Crippen LogP contribution is 2.27. The third kappa shape index (κ3) is 3.61.